The predicted molar refractivity (Wildman–Crippen MR) is 94.6 cm³/mol. The molecule has 10 nitrogen and oxygen atoms in total. The predicted octanol–water partition coefficient (Wildman–Crippen LogP) is -4.37. The van der Waals surface area contributed by atoms with Gasteiger partial charge in [0.15, 0.2) is 11.6 Å². The molecule has 0 fully saturated rings. The fraction of sp³-hybridized carbons (Fsp3) is 0.182. The monoisotopic (exact) mass is 436 g/mol. The highest BCUT2D eigenvalue weighted by Gasteiger charge is 2.34. The zero-order valence-corrected chi connectivity index (χ0v) is 16.2. The molecule has 3 rings (SSSR count). The first kappa shape index (κ1) is 22.3. The van der Waals surface area contributed by atoms with Crippen molar-refractivity contribution < 1.29 is 49.2 Å². The first-order valence-electron chi connectivity index (χ1n) is 9.18. The van der Waals surface area contributed by atoms with Gasteiger partial charge < -0.3 is 39.6 Å². The molecule has 2 aromatic rings. The van der Waals surface area contributed by atoms with Crippen molar-refractivity contribution in [2.45, 2.75) is 25.7 Å². The second-order valence-corrected chi connectivity index (χ2v) is 7.21. The van der Waals surface area contributed by atoms with E-state index in [1.54, 1.807) is 0 Å². The van der Waals surface area contributed by atoms with Crippen molar-refractivity contribution in [3.63, 3.8) is 0 Å². The summed E-state index contributed by atoms with van der Waals surface area (Å²) in [5.41, 5.74) is -1.56. The summed E-state index contributed by atoms with van der Waals surface area (Å²) in [6.45, 7) is 0. The van der Waals surface area contributed by atoms with Gasteiger partial charge in [0.05, 0.1) is 0 Å². The molecule has 0 spiro atoms. The van der Waals surface area contributed by atoms with Crippen molar-refractivity contribution in [1.29, 1.82) is 0 Å². The summed E-state index contributed by atoms with van der Waals surface area (Å²) in [6.07, 6.45) is -2.95. The number of carbonyl (C=O) groups excluding carboxylic acids is 6. The fourth-order valence-electron chi connectivity index (χ4n) is 3.83. The highest BCUT2D eigenvalue weighted by molar-refractivity contribution is 6.29. The fourth-order valence-corrected chi connectivity index (χ4v) is 3.83. The summed E-state index contributed by atoms with van der Waals surface area (Å²) in [5.74, 6) is -7.89. The quantitative estimate of drug-likeness (QED) is 0.333. The summed E-state index contributed by atoms with van der Waals surface area (Å²) in [6, 6.07) is 4.47. The van der Waals surface area contributed by atoms with E-state index < -0.39 is 61.1 Å². The number of hydrogen-bond donors (Lipinski definition) is 0. The van der Waals surface area contributed by atoms with Gasteiger partial charge in [-0.3, -0.25) is 9.59 Å². The van der Waals surface area contributed by atoms with Crippen molar-refractivity contribution >= 4 is 35.4 Å². The molecule has 0 saturated heterocycles. The maximum absolute atomic E-state index is 13.3. The Morgan fingerprint density at radius 3 is 1.19 bits per heavy atom. The van der Waals surface area contributed by atoms with E-state index >= 15 is 0 Å². The van der Waals surface area contributed by atoms with E-state index in [4.69, 9.17) is 0 Å². The molecule has 32 heavy (non-hydrogen) atoms. The van der Waals surface area contributed by atoms with Gasteiger partial charge in [0.1, 0.15) is 0 Å². The SMILES string of the molecule is O=C([O-])Cc1cc(CC(=O)[O-])c2c(c1)C(=O)c1cc(CC(=O)[O-])cc(CC(=O)[O-])c1C2=O. The Bertz CT molecular complexity index is 1130. The van der Waals surface area contributed by atoms with Gasteiger partial charge in [-0.1, -0.05) is 12.1 Å². The standard InChI is InChI=1S/C22H16O10/c23-15(24)5-9-1-11(7-17(27)28)19-13(3-9)21(31)14-4-10(6-16(25)26)2-12(8-18(29)30)20(14)22(19)32/h1-4H,5-8H2,(H,23,24)(H,25,26)(H,27,28)(H,29,30)/p-4. The average molecular weight is 436 g/mol. The summed E-state index contributed by atoms with van der Waals surface area (Å²) in [7, 11) is 0. The van der Waals surface area contributed by atoms with Crippen molar-refractivity contribution in [3.8, 4) is 0 Å². The summed E-state index contributed by atoms with van der Waals surface area (Å²) in [4.78, 5) is 70.9. The summed E-state index contributed by atoms with van der Waals surface area (Å²) < 4.78 is 0. The smallest absolute Gasteiger partial charge is 0.195 e. The third-order valence-electron chi connectivity index (χ3n) is 4.87. The largest absolute Gasteiger partial charge is 0.550 e. The molecule has 0 aliphatic heterocycles. The molecule has 0 radical (unpaired) electrons. The molecule has 10 heteroatoms. The zero-order valence-electron chi connectivity index (χ0n) is 16.2. The molecule has 0 aromatic heterocycles. The molecule has 0 bridgehead atoms. The van der Waals surface area contributed by atoms with Gasteiger partial charge >= 0.3 is 0 Å². The van der Waals surface area contributed by atoms with Crippen LogP contribution >= 0.6 is 0 Å². The molecule has 1 aliphatic rings. The number of aliphatic carboxylic acids is 4. The van der Waals surface area contributed by atoms with E-state index in [9.17, 15) is 49.2 Å². The number of ketones is 2. The minimum atomic E-state index is -1.59. The Morgan fingerprint density at radius 1 is 0.531 bits per heavy atom. The van der Waals surface area contributed by atoms with Crippen molar-refractivity contribution in [1.82, 2.24) is 0 Å². The van der Waals surface area contributed by atoms with E-state index in [2.05, 4.69) is 0 Å². The minimum Gasteiger partial charge on any atom is -0.550 e. The van der Waals surface area contributed by atoms with E-state index in [1.807, 2.05) is 0 Å². The molecule has 2 aromatic carbocycles. The Balaban J connectivity index is 2.30. The normalized spacial score (nSPS) is 12.1. The molecule has 0 saturated carbocycles. The molecule has 0 heterocycles. The lowest BCUT2D eigenvalue weighted by Crippen LogP contribution is -2.31. The first-order valence-corrected chi connectivity index (χ1v) is 9.18. The molecule has 0 atom stereocenters. The third-order valence-corrected chi connectivity index (χ3v) is 4.87. The third kappa shape index (κ3) is 4.38. The number of carboxylic acid groups (broad SMARTS) is 4. The van der Waals surface area contributed by atoms with Crippen LogP contribution in [0.1, 0.15) is 54.1 Å². The lowest BCUT2D eigenvalue weighted by atomic mass is 9.77. The Morgan fingerprint density at radius 2 is 0.875 bits per heavy atom. The molecule has 0 amide bonds. The van der Waals surface area contributed by atoms with Gasteiger partial charge in [-0.05, 0) is 34.4 Å². The van der Waals surface area contributed by atoms with Gasteiger partial charge in [0.25, 0.3) is 0 Å². The maximum Gasteiger partial charge on any atom is 0.195 e. The van der Waals surface area contributed by atoms with Crippen LogP contribution in [0.25, 0.3) is 0 Å². The first-order chi connectivity index (χ1) is 15.0. The van der Waals surface area contributed by atoms with Gasteiger partial charge in [-0.25, -0.2) is 0 Å². The van der Waals surface area contributed by atoms with E-state index in [1.165, 1.54) is 0 Å². The van der Waals surface area contributed by atoms with Crippen LogP contribution in [0, 0.1) is 0 Å². The van der Waals surface area contributed by atoms with Gasteiger partial charge in [0.2, 0.25) is 0 Å². The van der Waals surface area contributed by atoms with E-state index in [0.29, 0.717) is 0 Å². The van der Waals surface area contributed by atoms with Gasteiger partial charge in [-0.15, -0.1) is 0 Å². The van der Waals surface area contributed by atoms with Crippen LogP contribution in [-0.4, -0.2) is 35.4 Å². The zero-order chi connectivity index (χ0) is 23.7. The Labute approximate surface area is 179 Å². The number of rotatable bonds is 8. The van der Waals surface area contributed by atoms with Crippen LogP contribution in [0.15, 0.2) is 24.3 Å². The Kier molecular flexibility index (Phi) is 5.88. The van der Waals surface area contributed by atoms with Crippen LogP contribution in [0.2, 0.25) is 0 Å². The van der Waals surface area contributed by atoms with Gasteiger partial charge in [-0.2, -0.15) is 0 Å². The minimum absolute atomic E-state index is 0.00505. The lowest BCUT2D eigenvalue weighted by molar-refractivity contribution is -0.306. The molecule has 0 N–H and O–H groups in total. The molecular formula is C22H12O10-4. The number of carbonyl (C=O) groups is 6. The number of carboxylic acids is 4. The molecular weight excluding hydrogens is 424 g/mol. The van der Waals surface area contributed by atoms with E-state index in [-0.39, 0.29) is 44.5 Å². The average Bonchev–Trinajstić information content (AvgIpc) is 2.63. The summed E-state index contributed by atoms with van der Waals surface area (Å²) >= 11 is 0. The van der Waals surface area contributed by atoms with Crippen molar-refractivity contribution in [2.75, 3.05) is 0 Å². The lowest BCUT2D eigenvalue weighted by Gasteiger charge is -2.25. The maximum atomic E-state index is 13.3. The topological polar surface area (TPSA) is 195 Å². The Hall–Kier alpha value is -4.34. The van der Waals surface area contributed by atoms with Crippen molar-refractivity contribution in [2.24, 2.45) is 0 Å². The number of fused-ring (bicyclic) bond motifs is 2. The van der Waals surface area contributed by atoms with Crippen LogP contribution in [0.4, 0.5) is 0 Å². The van der Waals surface area contributed by atoms with Crippen LogP contribution in [0.5, 0.6) is 0 Å². The second-order valence-electron chi connectivity index (χ2n) is 7.21. The molecule has 0 unspecified atom stereocenters. The summed E-state index contributed by atoms with van der Waals surface area (Å²) in [5, 5.41) is 44.4. The van der Waals surface area contributed by atoms with E-state index in [0.717, 1.165) is 24.3 Å². The van der Waals surface area contributed by atoms with Crippen LogP contribution in [-0.2, 0) is 44.9 Å². The molecule has 164 valence electrons. The second kappa shape index (κ2) is 8.42. The highest BCUT2D eigenvalue weighted by Crippen LogP contribution is 2.34. The van der Waals surface area contributed by atoms with Crippen molar-refractivity contribution in [3.05, 3.63) is 68.8 Å². The van der Waals surface area contributed by atoms with Crippen LogP contribution in [0.3, 0.4) is 0 Å². The van der Waals surface area contributed by atoms with Gasteiger partial charge in [0, 0.05) is 71.8 Å². The number of hydrogen-bond acceptors (Lipinski definition) is 10. The number of benzene rings is 2. The molecule has 1 aliphatic carbocycles. The highest BCUT2D eigenvalue weighted by atomic mass is 16.4. The van der Waals surface area contributed by atoms with Crippen LogP contribution < -0.4 is 20.4 Å².